The van der Waals surface area contributed by atoms with E-state index in [4.69, 9.17) is 16.6 Å². The second-order valence-corrected chi connectivity index (χ2v) is 7.37. The average Bonchev–Trinajstić information content (AvgIpc) is 2.61. The van der Waals surface area contributed by atoms with E-state index in [0.29, 0.717) is 17.1 Å². The Morgan fingerprint density at radius 3 is 2.92 bits per heavy atom. The molecule has 1 fully saturated rings. The number of guanidine groups is 1. The molecule has 1 aromatic rings. The van der Waals surface area contributed by atoms with Crippen LogP contribution >= 0.6 is 11.6 Å². The summed E-state index contributed by atoms with van der Waals surface area (Å²) in [6, 6.07) is 4.48. The first-order valence-electron chi connectivity index (χ1n) is 9.45. The van der Waals surface area contributed by atoms with Crippen LogP contribution in [0.15, 0.2) is 23.3 Å². The van der Waals surface area contributed by atoms with Gasteiger partial charge in [0, 0.05) is 38.4 Å². The average molecular weight is 366 g/mol. The highest BCUT2D eigenvalue weighted by atomic mass is 35.5. The topological polar surface area (TPSA) is 52.6 Å². The van der Waals surface area contributed by atoms with Crippen LogP contribution in [0.1, 0.15) is 39.2 Å². The van der Waals surface area contributed by atoms with E-state index in [2.05, 4.69) is 41.3 Å². The Labute approximate surface area is 157 Å². The minimum atomic E-state index is 0.537. The number of nitrogens with zero attached hydrogens (tertiary/aromatic N) is 3. The Morgan fingerprint density at radius 2 is 2.24 bits per heavy atom. The normalized spacial score (nSPS) is 19.2. The highest BCUT2D eigenvalue weighted by Crippen LogP contribution is 2.18. The second-order valence-electron chi connectivity index (χ2n) is 6.98. The molecule has 0 radical (unpaired) electrons. The van der Waals surface area contributed by atoms with Gasteiger partial charge in [0.15, 0.2) is 5.96 Å². The van der Waals surface area contributed by atoms with Gasteiger partial charge in [-0.15, -0.1) is 0 Å². The van der Waals surface area contributed by atoms with Crippen molar-refractivity contribution in [2.45, 2.75) is 46.1 Å². The molecule has 1 unspecified atom stereocenters. The van der Waals surface area contributed by atoms with E-state index in [1.165, 1.54) is 24.9 Å². The number of aliphatic imine (C=N–C) groups is 1. The minimum absolute atomic E-state index is 0.537. The Kier molecular flexibility index (Phi) is 8.49. The maximum Gasteiger partial charge on any atom is 0.191 e. The molecule has 0 aliphatic carbocycles. The van der Waals surface area contributed by atoms with Crippen molar-refractivity contribution in [2.75, 3.05) is 32.7 Å². The number of hydrogen-bond donors (Lipinski definition) is 2. The second kappa shape index (κ2) is 10.6. The number of piperidine rings is 1. The van der Waals surface area contributed by atoms with E-state index in [1.807, 2.05) is 18.3 Å². The molecule has 1 atom stereocenters. The highest BCUT2D eigenvalue weighted by molar-refractivity contribution is 6.29. The fourth-order valence-electron chi connectivity index (χ4n) is 3.16. The number of pyridine rings is 1. The van der Waals surface area contributed by atoms with Crippen molar-refractivity contribution >= 4 is 17.6 Å². The van der Waals surface area contributed by atoms with Gasteiger partial charge in [0.1, 0.15) is 5.15 Å². The Bertz CT molecular complexity index is 529. The summed E-state index contributed by atoms with van der Waals surface area (Å²) in [7, 11) is 0. The Balaban J connectivity index is 1.80. The van der Waals surface area contributed by atoms with Crippen LogP contribution in [0.25, 0.3) is 0 Å². The Hall–Kier alpha value is -1.33. The summed E-state index contributed by atoms with van der Waals surface area (Å²) in [6.07, 6.45) is 5.30. The molecule has 1 aliphatic heterocycles. The monoisotopic (exact) mass is 365 g/mol. The summed E-state index contributed by atoms with van der Waals surface area (Å²) >= 11 is 5.82. The van der Waals surface area contributed by atoms with Gasteiger partial charge < -0.3 is 15.5 Å². The van der Waals surface area contributed by atoms with Crippen LogP contribution in [0, 0.1) is 5.92 Å². The number of aromatic nitrogens is 1. The molecule has 1 aliphatic rings. The zero-order valence-electron chi connectivity index (χ0n) is 15.8. The van der Waals surface area contributed by atoms with Crippen molar-refractivity contribution in [3.8, 4) is 0 Å². The van der Waals surface area contributed by atoms with Crippen LogP contribution in [0.5, 0.6) is 0 Å². The number of likely N-dealkylation sites (tertiary alicyclic amines) is 1. The van der Waals surface area contributed by atoms with Crippen molar-refractivity contribution in [3.05, 3.63) is 29.0 Å². The zero-order chi connectivity index (χ0) is 18.1. The molecule has 0 aromatic carbocycles. The molecule has 1 aromatic heterocycles. The molecule has 25 heavy (non-hydrogen) atoms. The van der Waals surface area contributed by atoms with Gasteiger partial charge in [-0.2, -0.15) is 0 Å². The van der Waals surface area contributed by atoms with Gasteiger partial charge in [-0.25, -0.2) is 4.98 Å². The molecular formula is C19H32ClN5. The molecule has 2 heterocycles. The van der Waals surface area contributed by atoms with Gasteiger partial charge in [0.25, 0.3) is 0 Å². The van der Waals surface area contributed by atoms with Crippen molar-refractivity contribution in [2.24, 2.45) is 10.9 Å². The maximum atomic E-state index is 5.82. The highest BCUT2D eigenvalue weighted by Gasteiger charge is 2.21. The van der Waals surface area contributed by atoms with Gasteiger partial charge in [-0.05, 0) is 64.1 Å². The quantitative estimate of drug-likeness (QED) is 0.443. The van der Waals surface area contributed by atoms with Crippen molar-refractivity contribution < 1.29 is 0 Å². The fraction of sp³-hybridized carbons (Fsp3) is 0.684. The van der Waals surface area contributed by atoms with Crippen molar-refractivity contribution in [1.82, 2.24) is 20.5 Å². The molecule has 2 rings (SSSR count). The van der Waals surface area contributed by atoms with Crippen molar-refractivity contribution in [3.63, 3.8) is 0 Å². The van der Waals surface area contributed by atoms with Crippen LogP contribution in [-0.4, -0.2) is 54.6 Å². The summed E-state index contributed by atoms with van der Waals surface area (Å²) in [5.41, 5.74) is 1.17. The first-order valence-corrected chi connectivity index (χ1v) is 9.83. The summed E-state index contributed by atoms with van der Waals surface area (Å²) in [5, 5.41) is 7.30. The van der Waals surface area contributed by atoms with Crippen LogP contribution in [0.2, 0.25) is 5.15 Å². The van der Waals surface area contributed by atoms with Gasteiger partial charge in [-0.1, -0.05) is 17.7 Å². The molecule has 6 heteroatoms. The summed E-state index contributed by atoms with van der Waals surface area (Å²) in [4.78, 5) is 11.5. The summed E-state index contributed by atoms with van der Waals surface area (Å²) in [5.74, 6) is 1.57. The van der Waals surface area contributed by atoms with Crippen LogP contribution in [0.3, 0.4) is 0 Å². The predicted molar refractivity (Wildman–Crippen MR) is 106 cm³/mol. The largest absolute Gasteiger partial charge is 0.357 e. The third kappa shape index (κ3) is 7.20. The maximum absolute atomic E-state index is 5.82. The van der Waals surface area contributed by atoms with E-state index in [0.717, 1.165) is 38.6 Å². The molecule has 0 spiro atoms. The summed E-state index contributed by atoms with van der Waals surface area (Å²) in [6.45, 7) is 11.6. The van der Waals surface area contributed by atoms with Crippen LogP contribution in [-0.2, 0) is 6.42 Å². The van der Waals surface area contributed by atoms with E-state index >= 15 is 0 Å². The predicted octanol–water partition coefficient (Wildman–Crippen LogP) is 2.95. The third-order valence-electron chi connectivity index (χ3n) is 4.63. The molecule has 0 bridgehead atoms. The number of hydrogen-bond acceptors (Lipinski definition) is 3. The van der Waals surface area contributed by atoms with Crippen LogP contribution < -0.4 is 10.6 Å². The lowest BCUT2D eigenvalue weighted by molar-refractivity contribution is 0.143. The van der Waals surface area contributed by atoms with Crippen LogP contribution in [0.4, 0.5) is 0 Å². The molecule has 0 saturated carbocycles. The third-order valence-corrected chi connectivity index (χ3v) is 4.85. The summed E-state index contributed by atoms with van der Waals surface area (Å²) < 4.78 is 0. The molecule has 5 nitrogen and oxygen atoms in total. The van der Waals surface area contributed by atoms with Gasteiger partial charge in [-0.3, -0.25) is 4.99 Å². The lowest BCUT2D eigenvalue weighted by Gasteiger charge is -2.34. The van der Waals surface area contributed by atoms with E-state index in [9.17, 15) is 0 Å². The smallest absolute Gasteiger partial charge is 0.191 e. The zero-order valence-corrected chi connectivity index (χ0v) is 16.5. The SMILES string of the molecule is CCNC(=NCC1CCCN(C(C)C)C1)NCCc1ccc(Cl)nc1. The molecule has 140 valence electrons. The fourth-order valence-corrected chi connectivity index (χ4v) is 3.27. The number of rotatable bonds is 7. The number of nitrogens with one attached hydrogen (secondary N) is 2. The van der Waals surface area contributed by atoms with Gasteiger partial charge in [0.2, 0.25) is 0 Å². The van der Waals surface area contributed by atoms with Crippen molar-refractivity contribution in [1.29, 1.82) is 0 Å². The standard InChI is InChI=1S/C19H32ClN5/c1-4-21-19(22-10-9-16-7-8-18(20)23-12-16)24-13-17-6-5-11-25(14-17)15(2)3/h7-8,12,15,17H,4-6,9-11,13-14H2,1-3H3,(H2,21,22,24). The molecular weight excluding hydrogens is 334 g/mol. The lowest BCUT2D eigenvalue weighted by Crippen LogP contribution is -2.42. The minimum Gasteiger partial charge on any atom is -0.357 e. The molecule has 0 amide bonds. The van der Waals surface area contributed by atoms with Gasteiger partial charge in [0.05, 0.1) is 0 Å². The van der Waals surface area contributed by atoms with E-state index < -0.39 is 0 Å². The first kappa shape index (κ1) is 20.0. The van der Waals surface area contributed by atoms with Gasteiger partial charge >= 0.3 is 0 Å². The number of halogens is 1. The molecule has 1 saturated heterocycles. The first-order chi connectivity index (χ1) is 12.1. The van der Waals surface area contributed by atoms with E-state index in [1.54, 1.807) is 0 Å². The Morgan fingerprint density at radius 1 is 1.40 bits per heavy atom. The molecule has 2 N–H and O–H groups in total. The lowest BCUT2D eigenvalue weighted by atomic mass is 9.97. The van der Waals surface area contributed by atoms with E-state index in [-0.39, 0.29) is 0 Å².